The lowest BCUT2D eigenvalue weighted by molar-refractivity contribution is -0.220. The summed E-state index contributed by atoms with van der Waals surface area (Å²) in [5.74, 6) is -0.00156. The highest BCUT2D eigenvalue weighted by atomic mass is 31.2. The van der Waals surface area contributed by atoms with Gasteiger partial charge in [-0.25, -0.2) is 9.78 Å². The van der Waals surface area contributed by atoms with Crippen molar-refractivity contribution in [3.05, 3.63) is 22.7 Å². The van der Waals surface area contributed by atoms with Gasteiger partial charge in [0.1, 0.15) is 5.82 Å². The number of hydrogen-bond acceptors (Lipinski definition) is 7. The predicted molar refractivity (Wildman–Crippen MR) is 61.5 cm³/mol. The van der Waals surface area contributed by atoms with Crippen molar-refractivity contribution in [2.75, 3.05) is 18.7 Å². The van der Waals surface area contributed by atoms with E-state index in [1.54, 1.807) is 0 Å². The number of nitrogen functional groups attached to an aromatic ring is 1. The van der Waals surface area contributed by atoms with Crippen LogP contribution in [0.5, 0.6) is 0 Å². The summed E-state index contributed by atoms with van der Waals surface area (Å²) in [4.78, 5) is 28.2. The van der Waals surface area contributed by atoms with Crippen LogP contribution in [0.25, 0.3) is 0 Å². The Kier molecular flexibility index (Phi) is 5.29. The Labute approximate surface area is 103 Å². The Morgan fingerprint density at radius 2 is 2.33 bits per heavy atom. The fourth-order valence-corrected chi connectivity index (χ4v) is 1.47. The third kappa shape index (κ3) is 4.84. The second-order valence-electron chi connectivity index (χ2n) is 3.28. The fourth-order valence-electron chi connectivity index (χ4n) is 0.895. The van der Waals surface area contributed by atoms with Crippen molar-refractivity contribution in [2.24, 2.45) is 0 Å². The van der Waals surface area contributed by atoms with Gasteiger partial charge in [-0.2, -0.15) is 4.98 Å². The van der Waals surface area contributed by atoms with Crippen LogP contribution in [0.4, 0.5) is 5.82 Å². The minimum absolute atomic E-state index is 0.00156. The molecule has 0 aliphatic rings. The molecule has 18 heavy (non-hydrogen) atoms. The zero-order valence-corrected chi connectivity index (χ0v) is 10.6. The molecule has 1 atom stereocenters. The Morgan fingerprint density at radius 1 is 1.61 bits per heavy atom. The molecule has 3 N–H and O–H groups in total. The van der Waals surface area contributed by atoms with Crippen LogP contribution in [0.15, 0.2) is 17.1 Å². The molecule has 0 saturated heterocycles. The number of anilines is 1. The molecule has 0 amide bonds. The zero-order chi connectivity index (χ0) is 13.6. The van der Waals surface area contributed by atoms with Gasteiger partial charge in [0.25, 0.3) is 0 Å². The highest BCUT2D eigenvalue weighted by Crippen LogP contribution is 2.40. The van der Waals surface area contributed by atoms with Gasteiger partial charge in [0.2, 0.25) is 0 Å². The lowest BCUT2D eigenvalue weighted by Gasteiger charge is -2.11. The number of hydrogen-bond donors (Lipinski definition) is 2. The second kappa shape index (κ2) is 6.50. The number of ether oxygens (including phenoxy) is 1. The van der Waals surface area contributed by atoms with E-state index in [4.69, 9.17) is 10.5 Å². The first-order valence-electron chi connectivity index (χ1n) is 5.06. The molecule has 1 heterocycles. The van der Waals surface area contributed by atoms with Gasteiger partial charge in [-0.1, -0.05) is 16.3 Å². The van der Waals surface area contributed by atoms with Gasteiger partial charge in [0.05, 0.1) is 6.20 Å². The number of rotatable bonds is 7. The summed E-state index contributed by atoms with van der Waals surface area (Å²) in [5, 5.41) is 0. The first-order valence-corrected chi connectivity index (χ1v) is 6.82. The SMILES string of the molecule is CCCOCP(=O)(O)OOn1ccc(N)nc1=O. The quantitative estimate of drug-likeness (QED) is 0.303. The maximum Gasteiger partial charge on any atom is 0.394 e. The summed E-state index contributed by atoms with van der Waals surface area (Å²) in [6.07, 6.45) is 1.28. The highest BCUT2D eigenvalue weighted by Gasteiger charge is 2.22. The summed E-state index contributed by atoms with van der Waals surface area (Å²) in [6.45, 7) is 2.16. The van der Waals surface area contributed by atoms with Crippen molar-refractivity contribution in [3.8, 4) is 0 Å². The molecule has 0 aromatic carbocycles. The van der Waals surface area contributed by atoms with E-state index < -0.39 is 19.6 Å². The number of aromatic nitrogens is 2. The van der Waals surface area contributed by atoms with Crippen molar-refractivity contribution >= 4 is 13.4 Å². The third-order valence-corrected chi connectivity index (χ3v) is 2.44. The molecule has 102 valence electrons. The highest BCUT2D eigenvalue weighted by molar-refractivity contribution is 7.52. The molecule has 0 aliphatic carbocycles. The molecule has 0 spiro atoms. The van der Waals surface area contributed by atoms with Crippen LogP contribution in [-0.2, 0) is 14.0 Å². The lowest BCUT2D eigenvalue weighted by Crippen LogP contribution is -2.28. The van der Waals surface area contributed by atoms with Crippen LogP contribution >= 0.6 is 7.60 Å². The topological polar surface area (TPSA) is 126 Å². The lowest BCUT2D eigenvalue weighted by atomic mass is 10.5. The molecule has 9 nitrogen and oxygen atoms in total. The van der Waals surface area contributed by atoms with Crippen molar-refractivity contribution in [3.63, 3.8) is 0 Å². The molecule has 1 rings (SSSR count). The minimum atomic E-state index is -4.08. The van der Waals surface area contributed by atoms with E-state index in [0.29, 0.717) is 17.8 Å². The van der Waals surface area contributed by atoms with Gasteiger partial charge in [-0.05, 0) is 6.42 Å². The molecule has 10 heteroatoms. The summed E-state index contributed by atoms with van der Waals surface area (Å²) in [5.41, 5.74) is 4.37. The van der Waals surface area contributed by atoms with Gasteiger partial charge < -0.3 is 15.4 Å². The molecule has 0 radical (unpaired) electrons. The molecule has 1 aromatic rings. The van der Waals surface area contributed by atoms with E-state index in [1.807, 2.05) is 6.92 Å². The monoisotopic (exact) mass is 279 g/mol. The molecule has 0 fully saturated rings. The average molecular weight is 279 g/mol. The second-order valence-corrected chi connectivity index (χ2v) is 4.97. The first kappa shape index (κ1) is 14.7. The standard InChI is InChI=1S/C8H14N3O6P/c1-2-5-15-6-18(13,14)17-16-11-4-3-7(9)10-8(11)12/h3-4H,2,5-6H2,1H3,(H,13,14)(H2,9,10,12). The van der Waals surface area contributed by atoms with Crippen molar-refractivity contribution in [1.29, 1.82) is 0 Å². The Balaban J connectivity index is 2.53. The molecule has 1 unspecified atom stereocenters. The van der Waals surface area contributed by atoms with Gasteiger partial charge in [0, 0.05) is 12.7 Å². The van der Waals surface area contributed by atoms with Gasteiger partial charge in [0.15, 0.2) is 6.35 Å². The van der Waals surface area contributed by atoms with E-state index in [0.717, 1.165) is 6.20 Å². The zero-order valence-electron chi connectivity index (χ0n) is 9.68. The molecule has 0 saturated carbocycles. The molecule has 0 bridgehead atoms. The van der Waals surface area contributed by atoms with Crippen LogP contribution < -0.4 is 16.4 Å². The fraction of sp³-hybridized carbons (Fsp3) is 0.500. The van der Waals surface area contributed by atoms with E-state index in [9.17, 15) is 14.3 Å². The minimum Gasteiger partial charge on any atom is -0.383 e. The summed E-state index contributed by atoms with van der Waals surface area (Å²) >= 11 is 0. The van der Waals surface area contributed by atoms with Crippen LogP contribution in [0.2, 0.25) is 0 Å². The predicted octanol–water partition coefficient (Wildman–Crippen LogP) is -0.245. The number of nitrogens with two attached hydrogens (primary N) is 1. The van der Waals surface area contributed by atoms with Crippen LogP contribution in [-0.4, -0.2) is 27.6 Å². The Hall–Kier alpha value is -1.41. The van der Waals surface area contributed by atoms with E-state index in [1.165, 1.54) is 6.07 Å². The smallest absolute Gasteiger partial charge is 0.383 e. The van der Waals surface area contributed by atoms with Gasteiger partial charge >= 0.3 is 13.3 Å². The van der Waals surface area contributed by atoms with E-state index in [2.05, 4.69) is 14.6 Å². The largest absolute Gasteiger partial charge is 0.394 e. The van der Waals surface area contributed by atoms with Crippen LogP contribution in [0, 0.1) is 0 Å². The maximum atomic E-state index is 11.4. The van der Waals surface area contributed by atoms with Crippen LogP contribution in [0.3, 0.4) is 0 Å². The van der Waals surface area contributed by atoms with Crippen molar-refractivity contribution in [2.45, 2.75) is 13.3 Å². The Morgan fingerprint density at radius 3 is 2.94 bits per heavy atom. The molecular formula is C8H14N3O6P. The van der Waals surface area contributed by atoms with Gasteiger partial charge in [-0.3, -0.25) is 4.57 Å². The molecule has 0 aliphatic heterocycles. The average Bonchev–Trinajstić information content (AvgIpc) is 2.28. The summed E-state index contributed by atoms with van der Waals surface area (Å²) in [7, 11) is -4.08. The Bertz CT molecular complexity index is 490. The van der Waals surface area contributed by atoms with Crippen LogP contribution in [0.1, 0.15) is 13.3 Å². The van der Waals surface area contributed by atoms with Crippen molar-refractivity contribution < 1.29 is 23.9 Å². The van der Waals surface area contributed by atoms with Crippen molar-refractivity contribution in [1.82, 2.24) is 9.71 Å². The summed E-state index contributed by atoms with van der Waals surface area (Å²) < 4.78 is 21.0. The molecule has 1 aromatic heterocycles. The molecular weight excluding hydrogens is 265 g/mol. The van der Waals surface area contributed by atoms with E-state index in [-0.39, 0.29) is 5.82 Å². The third-order valence-electron chi connectivity index (χ3n) is 1.63. The first-order chi connectivity index (χ1) is 8.44. The summed E-state index contributed by atoms with van der Waals surface area (Å²) in [6, 6.07) is 1.26. The van der Waals surface area contributed by atoms with Gasteiger partial charge in [-0.15, -0.1) is 0 Å². The number of nitrogens with zero attached hydrogens (tertiary/aromatic N) is 2. The maximum absolute atomic E-state index is 11.4. The van der Waals surface area contributed by atoms with E-state index >= 15 is 0 Å². The normalized spacial score (nSPS) is 14.1.